The fourth-order valence-electron chi connectivity index (χ4n) is 3.90. The van der Waals surface area contributed by atoms with Crippen molar-refractivity contribution in [2.45, 2.75) is 64.1 Å². The zero-order chi connectivity index (χ0) is 21.5. The van der Waals surface area contributed by atoms with Gasteiger partial charge in [0.05, 0.1) is 11.8 Å². The predicted molar refractivity (Wildman–Crippen MR) is 110 cm³/mol. The summed E-state index contributed by atoms with van der Waals surface area (Å²) in [7, 11) is 1.78. The van der Waals surface area contributed by atoms with E-state index in [9.17, 15) is 9.59 Å². The van der Waals surface area contributed by atoms with Gasteiger partial charge in [-0.05, 0) is 46.5 Å². The SMILES string of the molecule is CN(C(=O)OC(C)(C)C)C1CCC(NC(=O)c2c[nH]c3ncc4nncn4c23)CC1. The lowest BCUT2D eigenvalue weighted by Crippen LogP contribution is -2.46. The molecule has 30 heavy (non-hydrogen) atoms. The van der Waals surface area contributed by atoms with Crippen molar-refractivity contribution < 1.29 is 14.3 Å². The Kier molecular flexibility index (Phi) is 5.08. The van der Waals surface area contributed by atoms with E-state index in [1.807, 2.05) is 20.8 Å². The number of amides is 2. The Bertz CT molecular complexity index is 1070. The first-order valence-corrected chi connectivity index (χ1v) is 10.2. The van der Waals surface area contributed by atoms with Crippen molar-refractivity contribution in [3.05, 3.63) is 24.3 Å². The van der Waals surface area contributed by atoms with Gasteiger partial charge in [-0.15, -0.1) is 10.2 Å². The molecule has 0 unspecified atom stereocenters. The Morgan fingerprint density at radius 2 is 2.00 bits per heavy atom. The van der Waals surface area contributed by atoms with Gasteiger partial charge in [-0.2, -0.15) is 0 Å². The van der Waals surface area contributed by atoms with Gasteiger partial charge in [-0.25, -0.2) is 9.78 Å². The highest BCUT2D eigenvalue weighted by Crippen LogP contribution is 2.25. The van der Waals surface area contributed by atoms with Gasteiger partial charge in [0.25, 0.3) is 5.91 Å². The Labute approximate surface area is 174 Å². The third kappa shape index (κ3) is 3.94. The Morgan fingerprint density at radius 3 is 2.70 bits per heavy atom. The lowest BCUT2D eigenvalue weighted by Gasteiger charge is -2.35. The van der Waals surface area contributed by atoms with E-state index in [0.717, 1.165) is 25.7 Å². The topological polar surface area (TPSA) is 118 Å². The number of aromatic nitrogens is 5. The van der Waals surface area contributed by atoms with Crippen LogP contribution in [-0.2, 0) is 4.74 Å². The molecule has 0 aliphatic heterocycles. The molecular formula is C20H27N7O3. The van der Waals surface area contributed by atoms with Crippen LogP contribution in [0.15, 0.2) is 18.7 Å². The van der Waals surface area contributed by atoms with Crippen LogP contribution in [0.4, 0.5) is 4.79 Å². The monoisotopic (exact) mass is 413 g/mol. The number of ether oxygens (including phenoxy) is 1. The molecule has 0 aromatic carbocycles. The average Bonchev–Trinajstić information content (AvgIpc) is 3.32. The van der Waals surface area contributed by atoms with Crippen LogP contribution in [0.25, 0.3) is 16.8 Å². The molecule has 1 saturated carbocycles. The van der Waals surface area contributed by atoms with Gasteiger partial charge in [0, 0.05) is 25.3 Å². The normalized spacial score (nSPS) is 19.7. The summed E-state index contributed by atoms with van der Waals surface area (Å²) in [4.78, 5) is 34.2. The number of aromatic amines is 1. The predicted octanol–water partition coefficient (Wildman–Crippen LogP) is 2.51. The summed E-state index contributed by atoms with van der Waals surface area (Å²) >= 11 is 0. The molecule has 3 aromatic heterocycles. The minimum atomic E-state index is -0.513. The molecule has 0 saturated heterocycles. The number of fused-ring (bicyclic) bond motifs is 3. The van der Waals surface area contributed by atoms with Crippen molar-refractivity contribution in [1.29, 1.82) is 0 Å². The van der Waals surface area contributed by atoms with E-state index < -0.39 is 5.60 Å². The first-order valence-electron chi connectivity index (χ1n) is 10.2. The summed E-state index contributed by atoms with van der Waals surface area (Å²) in [5.74, 6) is -0.159. The zero-order valence-electron chi connectivity index (χ0n) is 17.7. The number of hydrogen-bond acceptors (Lipinski definition) is 6. The smallest absolute Gasteiger partial charge is 0.410 e. The van der Waals surface area contributed by atoms with Crippen molar-refractivity contribution in [1.82, 2.24) is 34.8 Å². The van der Waals surface area contributed by atoms with Gasteiger partial charge in [-0.1, -0.05) is 0 Å². The van der Waals surface area contributed by atoms with Gasteiger partial charge in [0.1, 0.15) is 17.4 Å². The highest BCUT2D eigenvalue weighted by atomic mass is 16.6. The van der Waals surface area contributed by atoms with E-state index in [0.29, 0.717) is 22.4 Å². The van der Waals surface area contributed by atoms with E-state index in [4.69, 9.17) is 4.74 Å². The Balaban J connectivity index is 1.39. The lowest BCUT2D eigenvalue weighted by molar-refractivity contribution is 0.0178. The molecule has 0 bridgehead atoms. The summed E-state index contributed by atoms with van der Waals surface area (Å²) in [6, 6.07) is 0.167. The molecule has 1 aliphatic carbocycles. The standard InChI is InChI=1S/C20H27N7O3/c1-20(2,3)30-19(29)26(4)13-7-5-12(6-8-13)24-18(28)14-9-21-17-16(14)27-11-23-25-15(27)10-22-17/h9-13,21H,5-8H2,1-4H3,(H,24,28). The molecule has 2 amide bonds. The number of rotatable bonds is 3. The molecule has 10 heteroatoms. The minimum absolute atomic E-state index is 0.0545. The van der Waals surface area contributed by atoms with Crippen LogP contribution >= 0.6 is 0 Å². The third-order valence-corrected chi connectivity index (χ3v) is 5.46. The molecule has 1 fully saturated rings. The van der Waals surface area contributed by atoms with Crippen molar-refractivity contribution in [3.63, 3.8) is 0 Å². The molecule has 160 valence electrons. The summed E-state index contributed by atoms with van der Waals surface area (Å²) in [5.41, 5.74) is 1.85. The number of H-pyrrole nitrogens is 1. The van der Waals surface area contributed by atoms with Crippen molar-refractivity contribution in [3.8, 4) is 0 Å². The number of hydrogen-bond donors (Lipinski definition) is 2. The molecule has 3 aromatic rings. The first kappa shape index (κ1) is 20.1. The minimum Gasteiger partial charge on any atom is -0.444 e. The van der Waals surface area contributed by atoms with Gasteiger partial charge in [-0.3, -0.25) is 9.20 Å². The fourth-order valence-corrected chi connectivity index (χ4v) is 3.90. The summed E-state index contributed by atoms with van der Waals surface area (Å²) in [6.45, 7) is 5.58. The maximum Gasteiger partial charge on any atom is 0.410 e. The van der Waals surface area contributed by atoms with E-state index in [2.05, 4.69) is 25.5 Å². The molecule has 0 spiro atoms. The van der Waals surface area contributed by atoms with E-state index in [1.165, 1.54) is 0 Å². The van der Waals surface area contributed by atoms with Gasteiger partial charge in [0.15, 0.2) is 11.3 Å². The van der Waals surface area contributed by atoms with Gasteiger partial charge >= 0.3 is 6.09 Å². The number of carbonyl (C=O) groups is 2. The highest BCUT2D eigenvalue weighted by Gasteiger charge is 2.30. The fraction of sp³-hybridized carbons (Fsp3) is 0.550. The van der Waals surface area contributed by atoms with Crippen molar-refractivity contribution >= 4 is 28.8 Å². The summed E-state index contributed by atoms with van der Waals surface area (Å²) in [5, 5.41) is 11.0. The van der Waals surface area contributed by atoms with Gasteiger partial charge in [0.2, 0.25) is 0 Å². The van der Waals surface area contributed by atoms with Crippen molar-refractivity contribution in [2.24, 2.45) is 0 Å². The molecule has 0 atom stereocenters. The van der Waals surface area contributed by atoms with Crippen LogP contribution < -0.4 is 5.32 Å². The molecule has 0 radical (unpaired) electrons. The number of nitrogens with one attached hydrogen (secondary N) is 2. The molecule has 2 N–H and O–H groups in total. The lowest BCUT2D eigenvalue weighted by atomic mass is 9.90. The second kappa shape index (κ2) is 7.58. The van der Waals surface area contributed by atoms with E-state index in [-0.39, 0.29) is 24.1 Å². The van der Waals surface area contributed by atoms with E-state index in [1.54, 1.807) is 35.1 Å². The van der Waals surface area contributed by atoms with Crippen LogP contribution in [0, 0.1) is 0 Å². The van der Waals surface area contributed by atoms with Crippen LogP contribution in [0.5, 0.6) is 0 Å². The summed E-state index contributed by atoms with van der Waals surface area (Å²) in [6.07, 6.45) is 7.75. The molecule has 3 heterocycles. The summed E-state index contributed by atoms with van der Waals surface area (Å²) < 4.78 is 7.21. The van der Waals surface area contributed by atoms with Crippen molar-refractivity contribution in [2.75, 3.05) is 7.05 Å². The third-order valence-electron chi connectivity index (χ3n) is 5.46. The van der Waals surface area contributed by atoms with Crippen LogP contribution in [0.1, 0.15) is 56.8 Å². The van der Waals surface area contributed by atoms with Crippen LogP contribution in [0.2, 0.25) is 0 Å². The number of nitrogens with zero attached hydrogens (tertiary/aromatic N) is 5. The quantitative estimate of drug-likeness (QED) is 0.681. The molecular weight excluding hydrogens is 386 g/mol. The Morgan fingerprint density at radius 1 is 1.27 bits per heavy atom. The maximum atomic E-state index is 12.9. The average molecular weight is 413 g/mol. The maximum absolute atomic E-state index is 12.9. The second-order valence-corrected chi connectivity index (χ2v) is 8.79. The zero-order valence-corrected chi connectivity index (χ0v) is 17.7. The molecule has 4 rings (SSSR count). The second-order valence-electron chi connectivity index (χ2n) is 8.79. The van der Waals surface area contributed by atoms with Gasteiger partial charge < -0.3 is 19.9 Å². The first-order chi connectivity index (χ1) is 14.2. The molecule has 10 nitrogen and oxygen atoms in total. The largest absolute Gasteiger partial charge is 0.444 e. The van der Waals surface area contributed by atoms with Crippen LogP contribution in [0.3, 0.4) is 0 Å². The highest BCUT2D eigenvalue weighted by molar-refractivity contribution is 6.05. The van der Waals surface area contributed by atoms with E-state index >= 15 is 0 Å². The Hall–Kier alpha value is -3.17. The number of carbonyl (C=O) groups excluding carboxylic acids is 2. The molecule has 1 aliphatic rings. The van der Waals surface area contributed by atoms with Crippen LogP contribution in [-0.4, -0.2) is 66.2 Å².